The third-order valence-electron chi connectivity index (χ3n) is 6.34. The number of ether oxygens (including phenoxy) is 5. The van der Waals surface area contributed by atoms with Crippen molar-refractivity contribution in [1.82, 2.24) is 0 Å². The summed E-state index contributed by atoms with van der Waals surface area (Å²) in [5.41, 5.74) is 1.94. The highest BCUT2D eigenvalue weighted by atomic mass is 32.2. The third-order valence-corrected chi connectivity index (χ3v) is 7.50. The van der Waals surface area contributed by atoms with Crippen LogP contribution in [0, 0.1) is 5.92 Å². The highest BCUT2D eigenvalue weighted by Crippen LogP contribution is 2.42. The Morgan fingerprint density at radius 2 is 1.59 bits per heavy atom. The van der Waals surface area contributed by atoms with E-state index in [1.54, 1.807) is 18.9 Å². The average Bonchev–Trinajstić information content (AvgIpc) is 2.90. The van der Waals surface area contributed by atoms with Crippen molar-refractivity contribution < 1.29 is 23.7 Å². The second-order valence-electron chi connectivity index (χ2n) is 8.63. The molecule has 0 aromatic heterocycles. The zero-order valence-corrected chi connectivity index (χ0v) is 20.2. The van der Waals surface area contributed by atoms with Gasteiger partial charge in [0, 0.05) is 16.4 Å². The molecule has 6 atom stereocenters. The summed E-state index contributed by atoms with van der Waals surface area (Å²) in [4.78, 5) is 1.15. The summed E-state index contributed by atoms with van der Waals surface area (Å²) < 4.78 is 30.9. The predicted molar refractivity (Wildman–Crippen MR) is 132 cm³/mol. The molecule has 2 heterocycles. The molecule has 0 spiro atoms. The summed E-state index contributed by atoms with van der Waals surface area (Å²) in [6.07, 6.45) is -0.804. The summed E-state index contributed by atoms with van der Waals surface area (Å²) in [6.45, 7) is 3.18. The molecular weight excluding hydrogens is 448 g/mol. The summed E-state index contributed by atoms with van der Waals surface area (Å²) >= 11 is 1.69. The first-order chi connectivity index (χ1) is 16.7. The van der Waals surface area contributed by atoms with Gasteiger partial charge in [-0.15, -0.1) is 0 Å². The summed E-state index contributed by atoms with van der Waals surface area (Å²) in [6, 6.07) is 28.4. The van der Waals surface area contributed by atoms with Crippen LogP contribution >= 0.6 is 11.8 Å². The minimum atomic E-state index is -0.394. The molecule has 2 aliphatic heterocycles. The Labute approximate surface area is 205 Å². The van der Waals surface area contributed by atoms with Gasteiger partial charge in [0.05, 0.1) is 32.5 Å². The molecule has 2 fully saturated rings. The van der Waals surface area contributed by atoms with Crippen molar-refractivity contribution in [2.75, 3.05) is 13.7 Å². The van der Waals surface area contributed by atoms with Crippen LogP contribution < -0.4 is 4.74 Å². The van der Waals surface area contributed by atoms with Gasteiger partial charge in [0.15, 0.2) is 6.29 Å². The van der Waals surface area contributed by atoms with Crippen LogP contribution in [0.3, 0.4) is 0 Å². The molecule has 6 heteroatoms. The van der Waals surface area contributed by atoms with Crippen LogP contribution in [0.4, 0.5) is 0 Å². The molecule has 3 aromatic carbocycles. The third kappa shape index (κ3) is 5.32. The lowest BCUT2D eigenvalue weighted by molar-refractivity contribution is -0.311. The molecule has 0 radical (unpaired) electrons. The van der Waals surface area contributed by atoms with E-state index in [0.29, 0.717) is 13.2 Å². The number of hydrogen-bond acceptors (Lipinski definition) is 6. The Bertz CT molecular complexity index is 1030. The highest BCUT2D eigenvalue weighted by Gasteiger charge is 2.48. The quantitative estimate of drug-likeness (QED) is 0.425. The maximum Gasteiger partial charge on any atom is 0.184 e. The van der Waals surface area contributed by atoms with Crippen molar-refractivity contribution >= 4 is 11.8 Å². The van der Waals surface area contributed by atoms with E-state index < -0.39 is 6.29 Å². The Kier molecular flexibility index (Phi) is 7.52. The van der Waals surface area contributed by atoms with Crippen molar-refractivity contribution in [3.63, 3.8) is 0 Å². The first-order valence-electron chi connectivity index (χ1n) is 11.6. The normalized spacial score (nSPS) is 28.8. The van der Waals surface area contributed by atoms with E-state index in [9.17, 15) is 0 Å². The fourth-order valence-electron chi connectivity index (χ4n) is 4.47. The van der Waals surface area contributed by atoms with Gasteiger partial charge in [-0.1, -0.05) is 79.3 Å². The van der Waals surface area contributed by atoms with E-state index in [-0.39, 0.29) is 29.7 Å². The Balaban J connectivity index is 1.34. The molecule has 3 unspecified atom stereocenters. The zero-order chi connectivity index (χ0) is 23.3. The molecule has 5 rings (SSSR count). The zero-order valence-electron chi connectivity index (χ0n) is 19.4. The number of hydrogen-bond donors (Lipinski definition) is 0. The largest absolute Gasteiger partial charge is 0.497 e. The maximum atomic E-state index is 6.55. The lowest BCUT2D eigenvalue weighted by Gasteiger charge is -2.48. The molecule has 0 saturated carbocycles. The Morgan fingerprint density at radius 1 is 0.882 bits per heavy atom. The van der Waals surface area contributed by atoms with E-state index in [2.05, 4.69) is 19.1 Å². The lowest BCUT2D eigenvalue weighted by Crippen LogP contribution is -2.57. The number of methoxy groups -OCH3 is 1. The second kappa shape index (κ2) is 10.9. The van der Waals surface area contributed by atoms with Crippen LogP contribution in [-0.4, -0.2) is 37.5 Å². The molecule has 178 valence electrons. The van der Waals surface area contributed by atoms with Crippen LogP contribution in [-0.2, 0) is 25.6 Å². The molecule has 0 bridgehead atoms. The molecule has 0 amide bonds. The standard InChI is InChI=1S/C28H30O5S/c1-19-25-24(18-31-27(33-25)21-9-5-3-6-10-21)32-28(34-23-11-7-4-8-12-23)26(19)30-17-20-13-15-22(29-2)16-14-20/h3-16,19,24-28H,17-18H2,1-2H3/t19-,24?,25-,26?,27?,28-/m0/s1. The summed E-state index contributed by atoms with van der Waals surface area (Å²) in [7, 11) is 1.67. The number of rotatable bonds is 7. The first-order valence-corrected chi connectivity index (χ1v) is 12.5. The average molecular weight is 479 g/mol. The molecule has 2 saturated heterocycles. The van der Waals surface area contributed by atoms with Gasteiger partial charge in [-0.25, -0.2) is 0 Å². The van der Waals surface area contributed by atoms with Crippen molar-refractivity contribution in [2.45, 2.75) is 48.5 Å². The molecule has 34 heavy (non-hydrogen) atoms. The first kappa shape index (κ1) is 23.4. The van der Waals surface area contributed by atoms with E-state index >= 15 is 0 Å². The fourth-order valence-corrected chi connectivity index (χ4v) is 5.71. The minimum Gasteiger partial charge on any atom is -0.497 e. The van der Waals surface area contributed by atoms with E-state index in [4.69, 9.17) is 23.7 Å². The molecule has 5 nitrogen and oxygen atoms in total. The van der Waals surface area contributed by atoms with Crippen LogP contribution in [0.25, 0.3) is 0 Å². The minimum absolute atomic E-state index is 0.118. The fraction of sp³-hybridized carbons (Fsp3) is 0.357. The van der Waals surface area contributed by atoms with Crippen molar-refractivity contribution in [2.24, 2.45) is 5.92 Å². The molecule has 0 N–H and O–H groups in total. The van der Waals surface area contributed by atoms with E-state index in [0.717, 1.165) is 21.8 Å². The summed E-state index contributed by atoms with van der Waals surface area (Å²) in [5.74, 6) is 0.953. The van der Waals surface area contributed by atoms with Gasteiger partial charge < -0.3 is 23.7 Å². The molecule has 0 aliphatic carbocycles. The summed E-state index contributed by atoms with van der Waals surface area (Å²) in [5, 5.41) is 0. The topological polar surface area (TPSA) is 46.2 Å². The van der Waals surface area contributed by atoms with Crippen LogP contribution in [0.2, 0.25) is 0 Å². The molecular formula is C28H30O5S. The van der Waals surface area contributed by atoms with Crippen LogP contribution in [0.15, 0.2) is 89.8 Å². The van der Waals surface area contributed by atoms with Gasteiger partial charge in [0.25, 0.3) is 0 Å². The number of fused-ring (bicyclic) bond motifs is 1. The second-order valence-corrected chi connectivity index (χ2v) is 9.81. The van der Waals surface area contributed by atoms with E-state index in [1.807, 2.05) is 72.8 Å². The lowest BCUT2D eigenvalue weighted by atomic mass is 9.90. The number of benzene rings is 3. The van der Waals surface area contributed by atoms with Gasteiger partial charge in [-0.3, -0.25) is 0 Å². The molecule has 2 aliphatic rings. The van der Waals surface area contributed by atoms with Crippen molar-refractivity contribution in [3.05, 3.63) is 96.1 Å². The van der Waals surface area contributed by atoms with E-state index in [1.165, 1.54) is 0 Å². The Morgan fingerprint density at radius 3 is 2.29 bits per heavy atom. The van der Waals surface area contributed by atoms with Gasteiger partial charge >= 0.3 is 0 Å². The maximum absolute atomic E-state index is 6.55. The van der Waals surface area contributed by atoms with Crippen molar-refractivity contribution in [3.8, 4) is 5.75 Å². The predicted octanol–water partition coefficient (Wildman–Crippen LogP) is 5.85. The van der Waals surface area contributed by atoms with Gasteiger partial charge in [0.1, 0.15) is 17.3 Å². The molecule has 3 aromatic rings. The monoisotopic (exact) mass is 478 g/mol. The highest BCUT2D eigenvalue weighted by molar-refractivity contribution is 7.99. The van der Waals surface area contributed by atoms with Crippen molar-refractivity contribution in [1.29, 1.82) is 0 Å². The van der Waals surface area contributed by atoms with Gasteiger partial charge in [0.2, 0.25) is 0 Å². The van der Waals surface area contributed by atoms with Gasteiger partial charge in [-0.2, -0.15) is 0 Å². The Hall–Kier alpha value is -2.35. The SMILES string of the molecule is COc1ccc(COC2[C@@H](C)[C@@H]3OC(c4ccccc4)OCC3O[C@H]2Sc2ccccc2)cc1. The van der Waals surface area contributed by atoms with Gasteiger partial charge in [-0.05, 0) is 29.8 Å². The van der Waals surface area contributed by atoms with Crippen LogP contribution in [0.5, 0.6) is 5.75 Å². The number of thioether (sulfide) groups is 1. The smallest absolute Gasteiger partial charge is 0.184 e. The van der Waals surface area contributed by atoms with Crippen LogP contribution in [0.1, 0.15) is 24.3 Å².